The van der Waals surface area contributed by atoms with E-state index in [2.05, 4.69) is 10.1 Å². The van der Waals surface area contributed by atoms with Gasteiger partial charge in [-0.15, -0.1) is 0 Å². The molecule has 1 rings (SSSR count). The van der Waals surface area contributed by atoms with Gasteiger partial charge < -0.3 is 4.52 Å². The predicted octanol–water partition coefficient (Wildman–Crippen LogP) is 2.22. The summed E-state index contributed by atoms with van der Waals surface area (Å²) in [6, 6.07) is 0. The SMILES string of the molecule is CSc1noc(C(C)SC)n1. The van der Waals surface area contributed by atoms with Gasteiger partial charge in [-0.05, 0) is 19.4 Å². The van der Waals surface area contributed by atoms with Gasteiger partial charge in [-0.25, -0.2) is 0 Å². The van der Waals surface area contributed by atoms with E-state index in [1.54, 1.807) is 11.8 Å². The molecule has 0 aliphatic heterocycles. The highest BCUT2D eigenvalue weighted by molar-refractivity contribution is 7.99. The van der Waals surface area contributed by atoms with Crippen LogP contribution in [0.3, 0.4) is 0 Å². The molecule has 0 saturated carbocycles. The Hall–Kier alpha value is -0.160. The van der Waals surface area contributed by atoms with Gasteiger partial charge in [0.15, 0.2) is 0 Å². The molecule has 5 heteroatoms. The fourth-order valence-electron chi connectivity index (χ4n) is 0.570. The van der Waals surface area contributed by atoms with E-state index < -0.39 is 0 Å². The van der Waals surface area contributed by atoms with E-state index in [4.69, 9.17) is 4.52 Å². The minimum Gasteiger partial charge on any atom is -0.337 e. The summed E-state index contributed by atoms with van der Waals surface area (Å²) in [5.41, 5.74) is 0. The van der Waals surface area contributed by atoms with Crippen molar-refractivity contribution in [1.82, 2.24) is 10.1 Å². The highest BCUT2D eigenvalue weighted by Crippen LogP contribution is 2.24. The third-order valence-corrected chi connectivity index (χ3v) is 2.75. The van der Waals surface area contributed by atoms with Gasteiger partial charge in [-0.1, -0.05) is 16.9 Å². The summed E-state index contributed by atoms with van der Waals surface area (Å²) < 4.78 is 5.01. The van der Waals surface area contributed by atoms with E-state index in [0.717, 1.165) is 0 Å². The standard InChI is InChI=1S/C6H10N2OS2/c1-4(10-2)5-7-6(11-3)8-9-5/h4H,1-3H3. The lowest BCUT2D eigenvalue weighted by Gasteiger charge is -1.97. The first-order chi connectivity index (χ1) is 5.27. The van der Waals surface area contributed by atoms with E-state index >= 15 is 0 Å². The average Bonchev–Trinajstić information content (AvgIpc) is 2.50. The van der Waals surface area contributed by atoms with Crippen molar-refractivity contribution in [3.63, 3.8) is 0 Å². The zero-order valence-corrected chi connectivity index (χ0v) is 8.33. The Morgan fingerprint density at radius 1 is 1.45 bits per heavy atom. The third-order valence-electron chi connectivity index (χ3n) is 1.31. The molecule has 0 amide bonds. The summed E-state index contributed by atoms with van der Waals surface area (Å²) in [5.74, 6) is 0.710. The molecular weight excluding hydrogens is 180 g/mol. The fraction of sp³-hybridized carbons (Fsp3) is 0.667. The van der Waals surface area contributed by atoms with E-state index in [9.17, 15) is 0 Å². The van der Waals surface area contributed by atoms with Gasteiger partial charge in [0.1, 0.15) is 0 Å². The first kappa shape index (κ1) is 8.93. The second-order valence-corrected chi connectivity index (χ2v) is 3.95. The molecule has 62 valence electrons. The smallest absolute Gasteiger partial charge is 0.240 e. The van der Waals surface area contributed by atoms with Crippen LogP contribution in [0.15, 0.2) is 9.68 Å². The van der Waals surface area contributed by atoms with Gasteiger partial charge in [0.25, 0.3) is 0 Å². The molecule has 1 aromatic heterocycles. The van der Waals surface area contributed by atoms with Gasteiger partial charge >= 0.3 is 0 Å². The molecule has 0 fully saturated rings. The molecule has 1 atom stereocenters. The monoisotopic (exact) mass is 190 g/mol. The molecule has 1 unspecified atom stereocenters. The zero-order chi connectivity index (χ0) is 8.27. The first-order valence-electron chi connectivity index (χ1n) is 3.18. The van der Waals surface area contributed by atoms with Crippen LogP contribution in [-0.4, -0.2) is 22.7 Å². The third kappa shape index (κ3) is 2.13. The van der Waals surface area contributed by atoms with Crippen LogP contribution in [0.2, 0.25) is 0 Å². The highest BCUT2D eigenvalue weighted by atomic mass is 32.2. The summed E-state index contributed by atoms with van der Waals surface area (Å²) in [6.45, 7) is 2.04. The van der Waals surface area contributed by atoms with E-state index in [1.807, 2.05) is 19.4 Å². The van der Waals surface area contributed by atoms with Crippen molar-refractivity contribution in [2.75, 3.05) is 12.5 Å². The molecule has 0 radical (unpaired) electrons. The summed E-state index contributed by atoms with van der Waals surface area (Å²) in [5, 5.41) is 4.77. The number of hydrogen-bond acceptors (Lipinski definition) is 5. The Labute approximate surface area is 74.3 Å². The zero-order valence-electron chi connectivity index (χ0n) is 6.70. The maximum Gasteiger partial charge on any atom is 0.240 e. The number of hydrogen-bond donors (Lipinski definition) is 0. The maximum atomic E-state index is 5.01. The number of thioether (sulfide) groups is 2. The van der Waals surface area contributed by atoms with Gasteiger partial charge in [0.05, 0.1) is 5.25 Å². The second-order valence-electron chi connectivity index (χ2n) is 2.00. The van der Waals surface area contributed by atoms with Gasteiger partial charge in [0, 0.05) is 0 Å². The molecule has 1 aromatic rings. The Kier molecular flexibility index (Phi) is 3.26. The quantitative estimate of drug-likeness (QED) is 0.683. The first-order valence-corrected chi connectivity index (χ1v) is 5.69. The van der Waals surface area contributed by atoms with Gasteiger partial charge in [-0.2, -0.15) is 16.7 Å². The molecule has 0 aliphatic rings. The lowest BCUT2D eigenvalue weighted by atomic mass is 10.5. The van der Waals surface area contributed by atoms with Crippen molar-refractivity contribution in [3.05, 3.63) is 5.89 Å². The van der Waals surface area contributed by atoms with Crippen LogP contribution in [0, 0.1) is 0 Å². The van der Waals surface area contributed by atoms with Gasteiger partial charge in [0.2, 0.25) is 11.0 Å². The van der Waals surface area contributed by atoms with E-state index in [1.165, 1.54) is 11.8 Å². The van der Waals surface area contributed by atoms with Crippen LogP contribution in [0.25, 0.3) is 0 Å². The Balaban J connectivity index is 2.71. The van der Waals surface area contributed by atoms with Gasteiger partial charge in [-0.3, -0.25) is 0 Å². The highest BCUT2D eigenvalue weighted by Gasteiger charge is 2.11. The molecule has 3 nitrogen and oxygen atoms in total. The van der Waals surface area contributed by atoms with Crippen molar-refractivity contribution in [2.45, 2.75) is 17.3 Å². The largest absolute Gasteiger partial charge is 0.337 e. The molecule has 0 aliphatic carbocycles. The molecule has 1 heterocycles. The van der Waals surface area contributed by atoms with Crippen LogP contribution in [-0.2, 0) is 0 Å². The fourth-order valence-corrected chi connectivity index (χ4v) is 1.16. The van der Waals surface area contributed by atoms with Crippen molar-refractivity contribution in [3.8, 4) is 0 Å². The molecule has 0 N–H and O–H groups in total. The topological polar surface area (TPSA) is 38.9 Å². The average molecular weight is 190 g/mol. The molecule has 0 spiro atoms. The molecule has 0 aromatic carbocycles. The Morgan fingerprint density at radius 3 is 2.64 bits per heavy atom. The van der Waals surface area contributed by atoms with Crippen LogP contribution in [0.1, 0.15) is 18.1 Å². The lowest BCUT2D eigenvalue weighted by molar-refractivity contribution is 0.370. The van der Waals surface area contributed by atoms with Crippen molar-refractivity contribution in [2.24, 2.45) is 0 Å². The van der Waals surface area contributed by atoms with E-state index in [-0.39, 0.29) is 0 Å². The van der Waals surface area contributed by atoms with E-state index in [0.29, 0.717) is 16.3 Å². The van der Waals surface area contributed by atoms with Crippen LogP contribution >= 0.6 is 23.5 Å². The number of aromatic nitrogens is 2. The summed E-state index contributed by atoms with van der Waals surface area (Å²) in [6.07, 6.45) is 3.95. The second kappa shape index (κ2) is 4.01. The summed E-state index contributed by atoms with van der Waals surface area (Å²) in [7, 11) is 0. The molecule has 0 saturated heterocycles. The number of nitrogens with zero attached hydrogens (tertiary/aromatic N) is 2. The summed E-state index contributed by atoms with van der Waals surface area (Å²) >= 11 is 3.19. The minimum absolute atomic E-state index is 0.295. The Morgan fingerprint density at radius 2 is 2.18 bits per heavy atom. The van der Waals surface area contributed by atoms with Crippen LogP contribution < -0.4 is 0 Å². The van der Waals surface area contributed by atoms with Crippen molar-refractivity contribution >= 4 is 23.5 Å². The number of rotatable bonds is 3. The van der Waals surface area contributed by atoms with Crippen LogP contribution in [0.4, 0.5) is 0 Å². The normalized spacial score (nSPS) is 13.4. The van der Waals surface area contributed by atoms with Crippen molar-refractivity contribution < 1.29 is 4.52 Å². The Bertz CT molecular complexity index is 226. The van der Waals surface area contributed by atoms with Crippen LogP contribution in [0.5, 0.6) is 0 Å². The molecule has 0 bridgehead atoms. The van der Waals surface area contributed by atoms with Crippen molar-refractivity contribution in [1.29, 1.82) is 0 Å². The maximum absolute atomic E-state index is 5.01. The molecule has 11 heavy (non-hydrogen) atoms. The molecular formula is C6H10N2OS2. The predicted molar refractivity (Wildman–Crippen MR) is 48.0 cm³/mol. The lowest BCUT2D eigenvalue weighted by Crippen LogP contribution is -1.86. The minimum atomic E-state index is 0.295. The summed E-state index contributed by atoms with van der Waals surface area (Å²) in [4.78, 5) is 4.16.